The smallest absolute Gasteiger partial charge is 0.115 e. The lowest BCUT2D eigenvalue weighted by atomic mass is 10.1. The Morgan fingerprint density at radius 3 is 1.93 bits per heavy atom. The van der Waals surface area contributed by atoms with E-state index in [1.807, 2.05) is 43.3 Å². The van der Waals surface area contributed by atoms with Gasteiger partial charge in [0.05, 0.1) is 17.5 Å². The van der Waals surface area contributed by atoms with Crippen molar-refractivity contribution in [3.63, 3.8) is 0 Å². The maximum Gasteiger partial charge on any atom is 0.115 e. The third-order valence-electron chi connectivity index (χ3n) is 4.34. The minimum atomic E-state index is -0.223. The van der Waals surface area contributed by atoms with Crippen LogP contribution in [0, 0.1) is 0 Å². The third-order valence-corrected chi connectivity index (χ3v) is 4.34. The molecule has 2 N–H and O–H groups in total. The molecule has 4 nitrogen and oxygen atoms in total. The summed E-state index contributed by atoms with van der Waals surface area (Å²) >= 11 is 0. The highest BCUT2D eigenvalue weighted by Gasteiger charge is 2.03. The Morgan fingerprint density at radius 2 is 1.41 bits per heavy atom. The molecule has 138 valence electrons. The second kappa shape index (κ2) is 9.10. The van der Waals surface area contributed by atoms with Crippen LogP contribution in [0.25, 0.3) is 28.6 Å². The Balaban J connectivity index is 1.63. The zero-order valence-corrected chi connectivity index (χ0v) is 15.4. The molecule has 0 amide bonds. The average molecular weight is 360 g/mol. The standard InChI is InChI=1S/C23H24N2O2/c1-17(26)5-3-2-4-6-18-7-9-19(10-8-18)22-15-16-23(25-24-22)20-11-13-21(27)14-12-20/h4,6-17,26-27H,2-3,5H2,1H3/b6-4+. The molecule has 0 aliphatic heterocycles. The van der Waals surface area contributed by atoms with Gasteiger partial charge in [0.25, 0.3) is 0 Å². The maximum atomic E-state index is 9.37. The van der Waals surface area contributed by atoms with Gasteiger partial charge in [-0.05, 0) is 68.1 Å². The molecule has 0 radical (unpaired) electrons. The number of hydrogen-bond donors (Lipinski definition) is 2. The van der Waals surface area contributed by atoms with Crippen molar-refractivity contribution in [1.82, 2.24) is 10.2 Å². The number of phenolic OH excluding ortho intramolecular Hbond substituents is 1. The number of hydrogen-bond acceptors (Lipinski definition) is 4. The van der Waals surface area contributed by atoms with Crippen LogP contribution >= 0.6 is 0 Å². The van der Waals surface area contributed by atoms with Crippen LogP contribution in [0.15, 0.2) is 66.7 Å². The van der Waals surface area contributed by atoms with E-state index < -0.39 is 0 Å². The fraction of sp³-hybridized carbons (Fsp3) is 0.217. The molecule has 0 saturated heterocycles. The van der Waals surface area contributed by atoms with Gasteiger partial charge in [0.15, 0.2) is 0 Å². The van der Waals surface area contributed by atoms with Crippen molar-refractivity contribution in [2.75, 3.05) is 0 Å². The molecule has 3 aromatic rings. The van der Waals surface area contributed by atoms with Gasteiger partial charge in [-0.25, -0.2) is 0 Å². The van der Waals surface area contributed by atoms with Crippen molar-refractivity contribution in [3.8, 4) is 28.3 Å². The van der Waals surface area contributed by atoms with Crippen LogP contribution in [0.5, 0.6) is 5.75 Å². The Morgan fingerprint density at radius 1 is 0.852 bits per heavy atom. The molecule has 0 saturated carbocycles. The van der Waals surface area contributed by atoms with Crippen molar-refractivity contribution in [2.24, 2.45) is 0 Å². The van der Waals surface area contributed by atoms with Crippen molar-refractivity contribution >= 4 is 6.08 Å². The predicted molar refractivity (Wildman–Crippen MR) is 109 cm³/mol. The fourth-order valence-corrected chi connectivity index (χ4v) is 2.79. The molecule has 0 aliphatic carbocycles. The van der Waals surface area contributed by atoms with E-state index in [9.17, 15) is 10.2 Å². The van der Waals surface area contributed by atoms with Crippen molar-refractivity contribution < 1.29 is 10.2 Å². The van der Waals surface area contributed by atoms with Gasteiger partial charge in [0.1, 0.15) is 5.75 Å². The molecule has 1 atom stereocenters. The molecule has 1 heterocycles. The van der Waals surface area contributed by atoms with Crippen molar-refractivity contribution in [3.05, 3.63) is 72.3 Å². The van der Waals surface area contributed by atoms with E-state index in [1.54, 1.807) is 12.1 Å². The van der Waals surface area contributed by atoms with Crippen LogP contribution in [0.3, 0.4) is 0 Å². The Bertz CT molecular complexity index is 868. The summed E-state index contributed by atoms with van der Waals surface area (Å²) in [6, 6.07) is 19.0. The first kappa shape index (κ1) is 18.8. The molecular formula is C23H24N2O2. The van der Waals surface area contributed by atoms with Gasteiger partial charge in [-0.15, -0.1) is 10.2 Å². The molecule has 27 heavy (non-hydrogen) atoms. The summed E-state index contributed by atoms with van der Waals surface area (Å²) in [4.78, 5) is 0. The van der Waals surface area contributed by atoms with Gasteiger partial charge >= 0.3 is 0 Å². The lowest BCUT2D eigenvalue weighted by Gasteiger charge is -2.04. The lowest BCUT2D eigenvalue weighted by Crippen LogP contribution is -1.97. The highest BCUT2D eigenvalue weighted by molar-refractivity contribution is 5.65. The number of aliphatic hydroxyl groups is 1. The number of unbranched alkanes of at least 4 members (excludes halogenated alkanes) is 1. The number of phenols is 1. The number of nitrogens with zero attached hydrogens (tertiary/aromatic N) is 2. The number of aromatic nitrogens is 2. The van der Waals surface area contributed by atoms with Gasteiger partial charge in [-0.3, -0.25) is 0 Å². The van der Waals surface area contributed by atoms with Gasteiger partial charge < -0.3 is 10.2 Å². The summed E-state index contributed by atoms with van der Waals surface area (Å²) in [7, 11) is 0. The van der Waals surface area contributed by atoms with E-state index >= 15 is 0 Å². The molecule has 0 fully saturated rings. The first-order chi connectivity index (χ1) is 13.1. The molecule has 0 bridgehead atoms. The molecule has 1 unspecified atom stereocenters. The summed E-state index contributed by atoms with van der Waals surface area (Å²) in [6.07, 6.45) is 6.82. The second-order valence-electron chi connectivity index (χ2n) is 6.65. The number of aromatic hydroxyl groups is 1. The van der Waals surface area contributed by atoms with Crippen LogP contribution in [-0.4, -0.2) is 26.5 Å². The Labute approximate surface area is 159 Å². The van der Waals surface area contributed by atoms with E-state index in [4.69, 9.17) is 0 Å². The summed E-state index contributed by atoms with van der Waals surface area (Å²) in [5.41, 5.74) is 4.68. The second-order valence-corrected chi connectivity index (χ2v) is 6.65. The summed E-state index contributed by atoms with van der Waals surface area (Å²) in [6.45, 7) is 1.82. The van der Waals surface area contributed by atoms with Gasteiger partial charge in [-0.1, -0.05) is 36.4 Å². The minimum Gasteiger partial charge on any atom is -0.508 e. The average Bonchev–Trinajstić information content (AvgIpc) is 2.69. The highest BCUT2D eigenvalue weighted by atomic mass is 16.3. The van der Waals surface area contributed by atoms with Crippen LogP contribution in [0.4, 0.5) is 0 Å². The number of benzene rings is 2. The van der Waals surface area contributed by atoms with Crippen LogP contribution in [-0.2, 0) is 0 Å². The number of rotatable bonds is 7. The van der Waals surface area contributed by atoms with E-state index in [0.717, 1.165) is 47.3 Å². The van der Waals surface area contributed by atoms with Crippen LogP contribution in [0.2, 0.25) is 0 Å². The maximum absolute atomic E-state index is 9.37. The molecular weight excluding hydrogens is 336 g/mol. The van der Waals surface area contributed by atoms with E-state index in [0.29, 0.717) is 0 Å². The largest absolute Gasteiger partial charge is 0.508 e. The topological polar surface area (TPSA) is 66.2 Å². The normalized spacial score (nSPS) is 12.4. The molecule has 2 aromatic carbocycles. The third kappa shape index (κ3) is 5.50. The van der Waals surface area contributed by atoms with Gasteiger partial charge in [-0.2, -0.15) is 0 Å². The minimum absolute atomic E-state index is 0.223. The van der Waals surface area contributed by atoms with Crippen molar-refractivity contribution in [2.45, 2.75) is 32.3 Å². The summed E-state index contributed by atoms with van der Waals surface area (Å²) < 4.78 is 0. The van der Waals surface area contributed by atoms with Crippen LogP contribution in [0.1, 0.15) is 31.7 Å². The predicted octanol–water partition coefficient (Wildman–Crippen LogP) is 5.08. The summed E-state index contributed by atoms with van der Waals surface area (Å²) in [5, 5.41) is 27.2. The van der Waals surface area contributed by atoms with E-state index in [2.05, 4.69) is 34.5 Å². The molecule has 0 spiro atoms. The first-order valence-corrected chi connectivity index (χ1v) is 9.20. The van der Waals surface area contributed by atoms with E-state index in [-0.39, 0.29) is 11.9 Å². The number of aliphatic hydroxyl groups excluding tert-OH is 1. The summed E-state index contributed by atoms with van der Waals surface area (Å²) in [5.74, 6) is 0.237. The van der Waals surface area contributed by atoms with Gasteiger partial charge in [0, 0.05) is 11.1 Å². The Kier molecular flexibility index (Phi) is 6.34. The fourth-order valence-electron chi connectivity index (χ4n) is 2.79. The van der Waals surface area contributed by atoms with E-state index in [1.165, 1.54) is 0 Å². The highest BCUT2D eigenvalue weighted by Crippen LogP contribution is 2.22. The Hall–Kier alpha value is -2.98. The monoisotopic (exact) mass is 360 g/mol. The quantitative estimate of drug-likeness (QED) is 0.577. The molecule has 3 rings (SSSR count). The molecule has 4 heteroatoms. The molecule has 1 aromatic heterocycles. The zero-order valence-electron chi connectivity index (χ0n) is 15.4. The van der Waals surface area contributed by atoms with Gasteiger partial charge in [0.2, 0.25) is 0 Å². The van der Waals surface area contributed by atoms with Crippen LogP contribution < -0.4 is 0 Å². The number of allylic oxidation sites excluding steroid dienone is 1. The van der Waals surface area contributed by atoms with Crippen molar-refractivity contribution in [1.29, 1.82) is 0 Å². The zero-order chi connectivity index (χ0) is 19.1. The SMILES string of the molecule is CC(O)CCC/C=C/c1ccc(-c2ccc(-c3ccc(O)cc3)nn2)cc1. The molecule has 0 aliphatic rings. The first-order valence-electron chi connectivity index (χ1n) is 9.20. The lowest BCUT2D eigenvalue weighted by molar-refractivity contribution is 0.182.